The van der Waals surface area contributed by atoms with Crippen LogP contribution in [0.4, 0.5) is 5.69 Å². The number of aromatic nitrogens is 1. The third kappa shape index (κ3) is 1.68. The van der Waals surface area contributed by atoms with Gasteiger partial charge in [-0.3, -0.25) is 0 Å². The molecule has 0 saturated heterocycles. The van der Waals surface area contributed by atoms with Gasteiger partial charge >= 0.3 is 0 Å². The molecule has 0 amide bonds. The van der Waals surface area contributed by atoms with Crippen LogP contribution in [-0.4, -0.2) is 10.1 Å². The Bertz CT molecular complexity index is 969. The Hall–Kier alpha value is -2.94. The topological polar surface area (TPSA) is 62.0 Å². The molecule has 0 aliphatic rings. The van der Waals surface area contributed by atoms with Crippen molar-refractivity contribution in [2.75, 3.05) is 5.73 Å². The zero-order valence-corrected chi connectivity index (χ0v) is 11.3. The maximum Gasteiger partial charge on any atom is 0.123 e. The number of rotatable bonds is 1. The Kier molecular flexibility index (Phi) is 2.42. The summed E-state index contributed by atoms with van der Waals surface area (Å²) >= 11 is 0. The minimum Gasteiger partial charge on any atom is -0.507 e. The number of H-pyrrole nitrogens is 1. The summed E-state index contributed by atoms with van der Waals surface area (Å²) < 4.78 is 0. The van der Waals surface area contributed by atoms with Crippen LogP contribution in [0.25, 0.3) is 32.9 Å². The molecular formula is C18H14N2O. The maximum atomic E-state index is 10.0. The van der Waals surface area contributed by atoms with E-state index in [9.17, 15) is 5.11 Å². The fourth-order valence-corrected chi connectivity index (χ4v) is 2.88. The lowest BCUT2D eigenvalue weighted by molar-refractivity contribution is 0.477. The van der Waals surface area contributed by atoms with Crippen LogP contribution in [-0.2, 0) is 0 Å². The number of nitrogens with two attached hydrogens (primary N) is 1. The Morgan fingerprint density at radius 3 is 2.38 bits per heavy atom. The molecule has 4 N–H and O–H groups in total. The highest BCUT2D eigenvalue weighted by atomic mass is 16.3. The molecule has 4 aromatic rings. The highest BCUT2D eigenvalue weighted by Gasteiger charge is 2.13. The summed E-state index contributed by atoms with van der Waals surface area (Å²) in [5.41, 5.74) is 10.6. The lowest BCUT2D eigenvalue weighted by Gasteiger charge is -2.08. The fourth-order valence-electron chi connectivity index (χ4n) is 2.88. The van der Waals surface area contributed by atoms with E-state index in [1.807, 2.05) is 42.5 Å². The first-order valence-electron chi connectivity index (χ1n) is 6.83. The molecule has 3 aromatic carbocycles. The largest absolute Gasteiger partial charge is 0.507 e. The second kappa shape index (κ2) is 4.28. The summed E-state index contributed by atoms with van der Waals surface area (Å²) in [6.45, 7) is 0. The van der Waals surface area contributed by atoms with Crippen LogP contribution in [0.2, 0.25) is 0 Å². The van der Waals surface area contributed by atoms with Crippen LogP contribution in [0, 0.1) is 0 Å². The molecule has 21 heavy (non-hydrogen) atoms. The van der Waals surface area contributed by atoms with E-state index in [1.54, 1.807) is 12.1 Å². The van der Waals surface area contributed by atoms with Crippen molar-refractivity contribution in [2.24, 2.45) is 0 Å². The van der Waals surface area contributed by atoms with Gasteiger partial charge in [-0.25, -0.2) is 0 Å². The number of phenols is 1. The minimum absolute atomic E-state index is 0.236. The average molecular weight is 274 g/mol. The second-order valence-corrected chi connectivity index (χ2v) is 5.14. The number of phenolic OH excluding ortho intramolecular Hbond substituents is 1. The quantitative estimate of drug-likeness (QED) is 0.454. The van der Waals surface area contributed by atoms with E-state index in [0.29, 0.717) is 5.69 Å². The number of anilines is 1. The first kappa shape index (κ1) is 11.9. The van der Waals surface area contributed by atoms with Gasteiger partial charge in [-0.15, -0.1) is 0 Å². The van der Waals surface area contributed by atoms with E-state index >= 15 is 0 Å². The van der Waals surface area contributed by atoms with E-state index in [4.69, 9.17) is 5.73 Å². The van der Waals surface area contributed by atoms with Crippen molar-refractivity contribution in [1.29, 1.82) is 0 Å². The SMILES string of the molecule is Nc1c(-c2ccccc2O)ccc2c1[nH]c1ccccc12. The summed E-state index contributed by atoms with van der Waals surface area (Å²) in [6, 6.07) is 19.4. The highest BCUT2D eigenvalue weighted by molar-refractivity contribution is 6.13. The number of fused-ring (bicyclic) bond motifs is 3. The van der Waals surface area contributed by atoms with Gasteiger partial charge < -0.3 is 15.8 Å². The van der Waals surface area contributed by atoms with Crippen molar-refractivity contribution in [1.82, 2.24) is 4.98 Å². The van der Waals surface area contributed by atoms with Crippen molar-refractivity contribution in [3.05, 3.63) is 60.7 Å². The molecule has 0 atom stereocenters. The van der Waals surface area contributed by atoms with Crippen LogP contribution in [0.1, 0.15) is 0 Å². The second-order valence-electron chi connectivity index (χ2n) is 5.14. The van der Waals surface area contributed by atoms with Crippen LogP contribution in [0.3, 0.4) is 0 Å². The molecule has 0 aliphatic heterocycles. The standard InChI is InChI=1S/C18H14N2O/c19-17-13(12-6-2-4-8-16(12)21)9-10-14-11-5-1-3-7-15(11)20-18(14)17/h1-10,20-21H,19H2. The molecule has 3 nitrogen and oxygen atoms in total. The van der Waals surface area contributed by atoms with Crippen molar-refractivity contribution in [3.8, 4) is 16.9 Å². The fraction of sp³-hybridized carbons (Fsp3) is 0. The monoisotopic (exact) mass is 274 g/mol. The van der Waals surface area contributed by atoms with Gasteiger partial charge in [0.2, 0.25) is 0 Å². The molecule has 0 saturated carbocycles. The molecular weight excluding hydrogens is 260 g/mol. The molecule has 0 radical (unpaired) electrons. The molecule has 1 aromatic heterocycles. The van der Waals surface area contributed by atoms with Crippen LogP contribution >= 0.6 is 0 Å². The van der Waals surface area contributed by atoms with Gasteiger partial charge in [-0.05, 0) is 12.1 Å². The molecule has 102 valence electrons. The molecule has 0 bridgehead atoms. The Labute approximate surface area is 121 Å². The predicted octanol–water partition coefficient (Wildman–Crippen LogP) is 4.28. The maximum absolute atomic E-state index is 10.0. The van der Waals surface area contributed by atoms with E-state index < -0.39 is 0 Å². The van der Waals surface area contributed by atoms with Crippen LogP contribution < -0.4 is 5.73 Å². The lowest BCUT2D eigenvalue weighted by atomic mass is 10.0. The highest BCUT2D eigenvalue weighted by Crippen LogP contribution is 2.38. The number of benzene rings is 3. The molecule has 0 spiro atoms. The molecule has 0 aliphatic carbocycles. The van der Waals surface area contributed by atoms with Gasteiger partial charge in [0.15, 0.2) is 0 Å². The number of hydrogen-bond acceptors (Lipinski definition) is 2. The first-order chi connectivity index (χ1) is 10.3. The predicted molar refractivity (Wildman–Crippen MR) is 87.3 cm³/mol. The van der Waals surface area contributed by atoms with Gasteiger partial charge in [0.05, 0.1) is 11.2 Å². The Balaban J connectivity index is 2.07. The van der Waals surface area contributed by atoms with E-state index in [1.165, 1.54) is 0 Å². The Morgan fingerprint density at radius 1 is 0.762 bits per heavy atom. The number of nitrogen functional groups attached to an aromatic ring is 1. The molecule has 0 unspecified atom stereocenters. The lowest BCUT2D eigenvalue weighted by Crippen LogP contribution is -1.92. The van der Waals surface area contributed by atoms with Crippen molar-refractivity contribution < 1.29 is 5.11 Å². The van der Waals surface area contributed by atoms with Crippen LogP contribution in [0.15, 0.2) is 60.7 Å². The Morgan fingerprint density at radius 2 is 1.52 bits per heavy atom. The number of aromatic hydroxyl groups is 1. The molecule has 1 heterocycles. The number of aromatic amines is 1. The smallest absolute Gasteiger partial charge is 0.123 e. The van der Waals surface area contributed by atoms with Gasteiger partial charge in [0, 0.05) is 27.4 Å². The summed E-state index contributed by atoms with van der Waals surface area (Å²) in [4.78, 5) is 3.37. The van der Waals surface area contributed by atoms with Crippen molar-refractivity contribution in [2.45, 2.75) is 0 Å². The van der Waals surface area contributed by atoms with E-state index in [-0.39, 0.29) is 5.75 Å². The molecule has 4 rings (SSSR count). The van der Waals surface area contributed by atoms with Gasteiger partial charge in [-0.2, -0.15) is 0 Å². The van der Waals surface area contributed by atoms with Crippen molar-refractivity contribution in [3.63, 3.8) is 0 Å². The van der Waals surface area contributed by atoms with Gasteiger partial charge in [0.1, 0.15) is 5.75 Å². The number of nitrogens with one attached hydrogen (secondary N) is 1. The summed E-state index contributed by atoms with van der Waals surface area (Å²) in [7, 11) is 0. The number of para-hydroxylation sites is 2. The number of hydrogen-bond donors (Lipinski definition) is 3. The normalized spacial score (nSPS) is 11.2. The van der Waals surface area contributed by atoms with Gasteiger partial charge in [-0.1, -0.05) is 48.5 Å². The third-order valence-electron chi connectivity index (χ3n) is 3.92. The molecule has 0 fully saturated rings. The van der Waals surface area contributed by atoms with Crippen LogP contribution in [0.5, 0.6) is 5.75 Å². The average Bonchev–Trinajstić information content (AvgIpc) is 2.89. The summed E-state index contributed by atoms with van der Waals surface area (Å²) in [5, 5.41) is 12.3. The molecule has 3 heteroatoms. The summed E-state index contributed by atoms with van der Waals surface area (Å²) in [6.07, 6.45) is 0. The minimum atomic E-state index is 0.236. The van der Waals surface area contributed by atoms with E-state index in [0.717, 1.165) is 32.9 Å². The van der Waals surface area contributed by atoms with Crippen molar-refractivity contribution >= 4 is 27.5 Å². The zero-order chi connectivity index (χ0) is 14.4. The first-order valence-corrected chi connectivity index (χ1v) is 6.83. The zero-order valence-electron chi connectivity index (χ0n) is 11.3. The van der Waals surface area contributed by atoms with E-state index in [2.05, 4.69) is 11.1 Å². The third-order valence-corrected chi connectivity index (χ3v) is 3.92. The van der Waals surface area contributed by atoms with Gasteiger partial charge in [0.25, 0.3) is 0 Å². The summed E-state index contributed by atoms with van der Waals surface area (Å²) in [5.74, 6) is 0.236.